The summed E-state index contributed by atoms with van der Waals surface area (Å²) in [4.78, 5) is 4.54. The zero-order valence-corrected chi connectivity index (χ0v) is 24.2. The second-order valence-corrected chi connectivity index (χ2v) is 11.0. The number of ether oxygens (including phenoxy) is 6. The number of hydrogen-bond donors (Lipinski definition) is 1. The van der Waals surface area contributed by atoms with Gasteiger partial charge in [0.15, 0.2) is 29.8 Å². The van der Waals surface area contributed by atoms with Gasteiger partial charge in [0.1, 0.15) is 18.4 Å². The Hall–Kier alpha value is -3.49. The van der Waals surface area contributed by atoms with Gasteiger partial charge in [0.25, 0.3) is 0 Å². The van der Waals surface area contributed by atoms with Crippen LogP contribution >= 0.6 is 0 Å². The van der Waals surface area contributed by atoms with Crippen molar-refractivity contribution in [2.45, 2.75) is 56.9 Å². The molecule has 1 fully saturated rings. The molecule has 2 bridgehead atoms. The first-order chi connectivity index (χ1) is 20.4. The summed E-state index contributed by atoms with van der Waals surface area (Å²) in [5, 5.41) is 15.8. The molecular formula is C31H37N3O7. The first kappa shape index (κ1) is 26.4. The van der Waals surface area contributed by atoms with E-state index in [1.165, 1.54) is 0 Å². The molecule has 0 radical (unpaired) electrons. The topological polar surface area (TPSA) is 106 Å². The van der Waals surface area contributed by atoms with Crippen molar-refractivity contribution in [2.24, 2.45) is 0 Å². The van der Waals surface area contributed by atoms with Gasteiger partial charge < -0.3 is 33.5 Å². The molecule has 0 saturated carbocycles. The molecule has 5 atom stereocenters. The Morgan fingerprint density at radius 2 is 1.95 bits per heavy atom. The summed E-state index contributed by atoms with van der Waals surface area (Å²) in [5.41, 5.74) is 5.81. The lowest BCUT2D eigenvalue weighted by Crippen LogP contribution is -2.68. The van der Waals surface area contributed by atoms with Crippen molar-refractivity contribution in [3.8, 4) is 34.8 Å². The summed E-state index contributed by atoms with van der Waals surface area (Å²) in [5.74, 6) is 3.31. The van der Waals surface area contributed by atoms with Crippen molar-refractivity contribution in [3.63, 3.8) is 0 Å². The van der Waals surface area contributed by atoms with Gasteiger partial charge >= 0.3 is 0 Å². The number of aliphatic hydroxyl groups is 1. The Balaban J connectivity index is 1.61. The number of hydrogen-bond acceptors (Lipinski definition) is 10. The molecule has 0 spiro atoms. The van der Waals surface area contributed by atoms with E-state index in [1.807, 2.05) is 13.8 Å². The van der Waals surface area contributed by atoms with E-state index in [2.05, 4.69) is 35.6 Å². The van der Waals surface area contributed by atoms with Gasteiger partial charge in [-0.25, -0.2) is 0 Å². The number of nitrogens with zero attached hydrogens (tertiary/aromatic N) is 3. The van der Waals surface area contributed by atoms with Crippen LogP contribution in [0.15, 0.2) is 18.7 Å². The minimum absolute atomic E-state index is 0.0434. The maximum Gasteiger partial charge on any atom is 0.231 e. The van der Waals surface area contributed by atoms with E-state index in [0.29, 0.717) is 42.4 Å². The van der Waals surface area contributed by atoms with Crippen LogP contribution in [0.3, 0.4) is 0 Å². The fourth-order valence-electron chi connectivity index (χ4n) is 7.57. The predicted octanol–water partition coefficient (Wildman–Crippen LogP) is 3.35. The molecule has 0 aromatic heterocycles. The zero-order valence-electron chi connectivity index (χ0n) is 25.2. The van der Waals surface area contributed by atoms with E-state index in [-0.39, 0.29) is 38.3 Å². The number of piperazine rings is 1. The number of aryl methyl sites for hydroxylation is 1. The summed E-state index contributed by atoms with van der Waals surface area (Å²) in [6, 6.07) is 3.42. The Bertz CT molecular complexity index is 1440. The van der Waals surface area contributed by atoms with Crippen LogP contribution < -0.4 is 23.7 Å². The number of likely N-dealkylation sites (N-methyl/N-ethyl adjacent to an activating group) is 1. The van der Waals surface area contributed by atoms with Crippen LogP contribution in [0.2, 0.25) is 0 Å². The Morgan fingerprint density at radius 1 is 1.15 bits per heavy atom. The maximum absolute atomic E-state index is 10.7. The largest absolute Gasteiger partial charge is 0.493 e. The number of methoxy groups -OCH3 is 2. The second kappa shape index (κ2) is 10.7. The van der Waals surface area contributed by atoms with Gasteiger partial charge in [-0.1, -0.05) is 18.7 Å². The van der Waals surface area contributed by atoms with Crippen molar-refractivity contribution in [3.05, 3.63) is 52.1 Å². The second-order valence-electron chi connectivity index (χ2n) is 11.0. The Morgan fingerprint density at radius 3 is 2.66 bits per heavy atom. The molecule has 0 aliphatic carbocycles. The first-order valence-electron chi connectivity index (χ1n) is 14.3. The van der Waals surface area contributed by atoms with Gasteiger partial charge in [0.2, 0.25) is 8.22 Å². The third kappa shape index (κ3) is 3.98. The summed E-state index contributed by atoms with van der Waals surface area (Å²) in [6.45, 7) is 8.34. The molecule has 2 aromatic rings. The smallest absolute Gasteiger partial charge is 0.231 e. The highest BCUT2D eigenvalue weighted by molar-refractivity contribution is 5.66. The van der Waals surface area contributed by atoms with E-state index in [4.69, 9.17) is 35.0 Å². The zero-order chi connectivity index (χ0) is 29.7. The fourth-order valence-corrected chi connectivity index (χ4v) is 7.57. The lowest BCUT2D eigenvalue weighted by molar-refractivity contribution is -0.0832. The van der Waals surface area contributed by atoms with Gasteiger partial charge in [-0.05, 0) is 44.9 Å². The molecule has 2 aromatic carbocycles. The monoisotopic (exact) mass is 565 g/mol. The van der Waals surface area contributed by atoms with E-state index in [9.17, 15) is 5.26 Å². The Labute approximate surface area is 242 Å². The van der Waals surface area contributed by atoms with Crippen LogP contribution in [0.4, 0.5) is 0 Å². The molecule has 6 rings (SSSR count). The van der Waals surface area contributed by atoms with Crippen molar-refractivity contribution < 1.29 is 33.5 Å². The van der Waals surface area contributed by atoms with Crippen LogP contribution in [0.5, 0.6) is 28.7 Å². The fraction of sp³-hybridized carbons (Fsp3) is 0.516. The molecular weight excluding hydrogens is 526 g/mol. The molecule has 4 aliphatic rings. The molecule has 0 unspecified atom stereocenters. The van der Waals surface area contributed by atoms with E-state index >= 15 is 0 Å². The lowest BCUT2D eigenvalue weighted by Gasteiger charge is -2.59. The Kier molecular flexibility index (Phi) is 6.91. The van der Waals surface area contributed by atoms with E-state index in [1.54, 1.807) is 20.3 Å². The molecule has 218 valence electrons. The minimum atomic E-state index is -0.472. The van der Waals surface area contributed by atoms with Gasteiger partial charge in [-0.2, -0.15) is 5.26 Å². The third-order valence-corrected chi connectivity index (χ3v) is 9.07. The van der Waals surface area contributed by atoms with Crippen LogP contribution in [0.1, 0.15) is 45.5 Å². The van der Waals surface area contributed by atoms with Crippen molar-refractivity contribution in [1.82, 2.24) is 9.80 Å². The number of fused-ring (bicyclic) bond motifs is 9. The molecule has 10 nitrogen and oxygen atoms in total. The average Bonchev–Trinajstić information content (AvgIpc) is 3.47. The summed E-state index contributed by atoms with van der Waals surface area (Å²) in [7, 11) is 5.32. The minimum Gasteiger partial charge on any atom is -0.493 e. The standard InChI is InChI=1S/C31H37N3O7/c1-7-8-38-28-17(3)29-31(41-15-40-29)25-19(28)11-21-26-24-18(9-16(2)27(37-6)30(24)39-14-36-5)10-20(33(26)4)22(12-32)34(21)23(25)13-35/h7,9,20-23,26,35H,1,8,10-11,13-15H2,2-6H3/t20-,21-,22-,23-,26-/m0/s1/i35T. The number of benzene rings is 2. The highest BCUT2D eigenvalue weighted by Gasteiger charge is 2.56. The molecule has 0 amide bonds. The molecule has 4 aliphatic heterocycles. The highest BCUT2D eigenvalue weighted by atomic mass is 16.7. The number of aliphatic hydroxyl groups excluding tert-OH is 1. The van der Waals surface area contributed by atoms with Crippen LogP contribution in [0, 0.1) is 25.2 Å². The van der Waals surface area contributed by atoms with E-state index in [0.717, 1.165) is 39.1 Å². The third-order valence-electron chi connectivity index (χ3n) is 9.07. The number of nitriles is 1. The summed E-state index contributed by atoms with van der Waals surface area (Å²) < 4.78 is 43.5. The molecule has 1 N–H and O–H groups in total. The lowest BCUT2D eigenvalue weighted by atomic mass is 9.71. The SMILES string of the molecule is [3H]OC[C@H]1c2c(c(OCC=C)c(C)c3c2OCO3)C[C@H]2[C@H]3c4c(cc(C)c(OC)c4OCOC)C[C@@H]([C@H](C#N)N12)N3C. The summed E-state index contributed by atoms with van der Waals surface area (Å²) in [6.07, 6.45) is 2.93. The van der Waals surface area contributed by atoms with E-state index < -0.39 is 12.1 Å². The normalized spacial score (nSPS) is 26.2. The number of rotatable bonds is 9. The van der Waals surface area contributed by atoms with Gasteiger partial charge in [0, 0.05) is 41.4 Å². The highest BCUT2D eigenvalue weighted by Crippen LogP contribution is 2.58. The van der Waals surface area contributed by atoms with Gasteiger partial charge in [-0.3, -0.25) is 9.80 Å². The van der Waals surface area contributed by atoms with Crippen LogP contribution in [0.25, 0.3) is 0 Å². The van der Waals surface area contributed by atoms with Crippen LogP contribution in [-0.4, -0.2) is 82.5 Å². The predicted molar refractivity (Wildman–Crippen MR) is 150 cm³/mol. The maximum atomic E-state index is 10.7. The van der Waals surface area contributed by atoms with Gasteiger partial charge in [0.05, 0.1) is 31.9 Å². The molecule has 4 heterocycles. The molecule has 1 saturated heterocycles. The van der Waals surface area contributed by atoms with Gasteiger partial charge in [-0.15, -0.1) is 0 Å². The quantitative estimate of drug-likeness (QED) is 0.359. The molecule has 41 heavy (non-hydrogen) atoms. The molecule has 10 heteroatoms. The van der Waals surface area contributed by atoms with Crippen molar-refractivity contribution >= 4 is 0 Å². The van der Waals surface area contributed by atoms with Crippen molar-refractivity contribution in [1.29, 1.82) is 6.69 Å². The summed E-state index contributed by atoms with van der Waals surface area (Å²) >= 11 is 0. The van der Waals surface area contributed by atoms with Crippen molar-refractivity contribution in [2.75, 3.05) is 48.1 Å². The first-order valence-corrected chi connectivity index (χ1v) is 13.9. The van der Waals surface area contributed by atoms with Crippen LogP contribution in [-0.2, 0) is 17.6 Å². The average molecular weight is 566 g/mol.